The van der Waals surface area contributed by atoms with E-state index < -0.39 is 0 Å². The van der Waals surface area contributed by atoms with Gasteiger partial charge < -0.3 is 20.3 Å². The maximum atomic E-state index is 11.5. The molecule has 0 bridgehead atoms. The molecule has 7 heteroatoms. The number of guanidine groups is 1. The number of likely N-dealkylation sites (N-methyl/N-ethyl adjacent to an activating group) is 1. The largest absolute Gasteiger partial charge is 0.469 e. The maximum Gasteiger partial charge on any atom is 0.308 e. The van der Waals surface area contributed by atoms with Gasteiger partial charge in [-0.3, -0.25) is 9.59 Å². The van der Waals surface area contributed by atoms with Crippen molar-refractivity contribution >= 4 is 17.8 Å². The lowest BCUT2D eigenvalue weighted by Gasteiger charge is -2.33. The highest BCUT2D eigenvalue weighted by molar-refractivity contribution is 5.85. The van der Waals surface area contributed by atoms with Crippen LogP contribution in [0.2, 0.25) is 0 Å². The predicted molar refractivity (Wildman–Crippen MR) is 81.0 cm³/mol. The minimum Gasteiger partial charge on any atom is -0.469 e. The second-order valence-corrected chi connectivity index (χ2v) is 4.91. The van der Waals surface area contributed by atoms with E-state index in [9.17, 15) is 9.59 Å². The predicted octanol–water partition coefficient (Wildman–Crippen LogP) is -0.0270. The van der Waals surface area contributed by atoms with E-state index >= 15 is 0 Å². The molecule has 0 aromatic rings. The molecule has 0 aromatic carbocycles. The number of hydrogen-bond acceptors (Lipinski definition) is 4. The number of esters is 1. The van der Waals surface area contributed by atoms with Gasteiger partial charge in [0, 0.05) is 26.2 Å². The molecular formula is C14H26N4O3. The zero-order chi connectivity index (χ0) is 15.7. The molecule has 0 saturated carbocycles. The molecule has 1 saturated heterocycles. The van der Waals surface area contributed by atoms with E-state index in [0.717, 1.165) is 38.4 Å². The highest BCUT2D eigenvalue weighted by Crippen LogP contribution is 2.18. The summed E-state index contributed by atoms with van der Waals surface area (Å²) in [5.74, 6) is 0.473. The second kappa shape index (κ2) is 9.20. The fraction of sp³-hybridized carbons (Fsp3) is 0.786. The first-order valence-corrected chi connectivity index (χ1v) is 7.50. The summed E-state index contributed by atoms with van der Waals surface area (Å²) in [6, 6.07) is 0. The summed E-state index contributed by atoms with van der Waals surface area (Å²) in [4.78, 5) is 29.4. The number of aliphatic imine (C=N–C) groups is 1. The number of likely N-dealkylation sites (tertiary alicyclic amines) is 1. The number of methoxy groups -OCH3 is 1. The Bertz CT molecular complexity index is 376. The standard InChI is InChI=1S/C14H26N4O3/c1-4-15-12(19)10-17-14(16-5-2)18-8-6-11(7-9-18)13(20)21-3/h11H,4-10H2,1-3H3,(H,15,19)(H,16,17). The van der Waals surface area contributed by atoms with E-state index in [-0.39, 0.29) is 24.3 Å². The van der Waals surface area contributed by atoms with Crippen molar-refractivity contribution in [2.24, 2.45) is 10.9 Å². The van der Waals surface area contributed by atoms with Crippen LogP contribution < -0.4 is 10.6 Å². The molecule has 7 nitrogen and oxygen atoms in total. The first-order chi connectivity index (χ1) is 10.1. The molecule has 1 heterocycles. The number of piperidine rings is 1. The number of rotatable bonds is 5. The van der Waals surface area contributed by atoms with Gasteiger partial charge in [-0.25, -0.2) is 4.99 Å². The third-order valence-electron chi connectivity index (χ3n) is 3.41. The average Bonchev–Trinajstić information content (AvgIpc) is 2.51. The number of carbonyl (C=O) groups excluding carboxylic acids is 2. The van der Waals surface area contributed by atoms with Gasteiger partial charge in [-0.15, -0.1) is 0 Å². The second-order valence-electron chi connectivity index (χ2n) is 4.91. The number of hydrogen-bond donors (Lipinski definition) is 2. The normalized spacial score (nSPS) is 16.5. The van der Waals surface area contributed by atoms with Crippen molar-refractivity contribution in [2.45, 2.75) is 26.7 Å². The first-order valence-electron chi connectivity index (χ1n) is 7.50. The smallest absolute Gasteiger partial charge is 0.308 e. The topological polar surface area (TPSA) is 83.0 Å². The quantitative estimate of drug-likeness (QED) is 0.423. The molecule has 0 spiro atoms. The van der Waals surface area contributed by atoms with Crippen molar-refractivity contribution in [3.05, 3.63) is 0 Å². The monoisotopic (exact) mass is 298 g/mol. The van der Waals surface area contributed by atoms with Crippen molar-refractivity contribution in [3.8, 4) is 0 Å². The van der Waals surface area contributed by atoms with Crippen LogP contribution in [0.4, 0.5) is 0 Å². The van der Waals surface area contributed by atoms with Crippen molar-refractivity contribution in [1.29, 1.82) is 0 Å². The summed E-state index contributed by atoms with van der Waals surface area (Å²) in [5.41, 5.74) is 0. The number of amides is 1. The maximum absolute atomic E-state index is 11.5. The molecular weight excluding hydrogens is 272 g/mol. The Morgan fingerprint density at radius 2 is 1.81 bits per heavy atom. The molecule has 120 valence electrons. The van der Waals surface area contributed by atoms with E-state index in [0.29, 0.717) is 6.54 Å². The Morgan fingerprint density at radius 1 is 1.19 bits per heavy atom. The Hall–Kier alpha value is -1.79. The Labute approximate surface area is 126 Å². The van der Waals surface area contributed by atoms with Gasteiger partial charge >= 0.3 is 5.97 Å². The molecule has 1 aliphatic heterocycles. The Morgan fingerprint density at radius 3 is 2.33 bits per heavy atom. The average molecular weight is 298 g/mol. The lowest BCUT2D eigenvalue weighted by molar-refractivity contribution is -0.146. The Balaban J connectivity index is 2.56. The van der Waals surface area contributed by atoms with E-state index in [1.54, 1.807) is 0 Å². The van der Waals surface area contributed by atoms with Crippen LogP contribution in [0.5, 0.6) is 0 Å². The van der Waals surface area contributed by atoms with Crippen molar-refractivity contribution < 1.29 is 14.3 Å². The fourth-order valence-corrected chi connectivity index (χ4v) is 2.32. The van der Waals surface area contributed by atoms with Crippen LogP contribution in [0.3, 0.4) is 0 Å². The van der Waals surface area contributed by atoms with E-state index in [1.165, 1.54) is 7.11 Å². The molecule has 1 aliphatic rings. The van der Waals surface area contributed by atoms with E-state index in [1.807, 2.05) is 13.8 Å². The minimum absolute atomic E-state index is 0.0301. The van der Waals surface area contributed by atoms with Gasteiger partial charge in [-0.1, -0.05) is 0 Å². The van der Waals surface area contributed by atoms with Crippen molar-refractivity contribution in [2.75, 3.05) is 39.8 Å². The summed E-state index contributed by atoms with van der Waals surface area (Å²) >= 11 is 0. The highest BCUT2D eigenvalue weighted by Gasteiger charge is 2.26. The molecule has 0 radical (unpaired) electrons. The molecule has 1 rings (SSSR count). The van der Waals surface area contributed by atoms with Gasteiger partial charge in [0.25, 0.3) is 0 Å². The van der Waals surface area contributed by atoms with Gasteiger partial charge in [-0.2, -0.15) is 0 Å². The first kappa shape index (κ1) is 17.3. The number of nitrogens with one attached hydrogen (secondary N) is 2. The van der Waals surface area contributed by atoms with E-state index in [2.05, 4.69) is 20.5 Å². The summed E-state index contributed by atoms with van der Waals surface area (Å²) in [6.45, 7) is 6.81. The number of ether oxygens (including phenoxy) is 1. The zero-order valence-corrected chi connectivity index (χ0v) is 13.1. The van der Waals surface area contributed by atoms with Crippen LogP contribution in [0, 0.1) is 5.92 Å². The van der Waals surface area contributed by atoms with Crippen LogP contribution in [-0.4, -0.2) is 62.6 Å². The molecule has 1 fully saturated rings. The van der Waals surface area contributed by atoms with E-state index in [4.69, 9.17) is 4.74 Å². The summed E-state index contributed by atoms with van der Waals surface area (Å²) < 4.78 is 4.78. The van der Waals surface area contributed by atoms with Gasteiger partial charge in [0.1, 0.15) is 6.54 Å². The minimum atomic E-state index is -0.140. The lowest BCUT2D eigenvalue weighted by atomic mass is 9.97. The summed E-state index contributed by atoms with van der Waals surface area (Å²) in [6.07, 6.45) is 1.50. The molecule has 0 aromatic heterocycles. The Kier molecular flexibility index (Phi) is 7.56. The van der Waals surface area contributed by atoms with Crippen molar-refractivity contribution in [3.63, 3.8) is 0 Å². The summed E-state index contributed by atoms with van der Waals surface area (Å²) in [5, 5.41) is 5.91. The van der Waals surface area contributed by atoms with Crippen LogP contribution >= 0.6 is 0 Å². The third kappa shape index (κ3) is 5.61. The molecule has 0 atom stereocenters. The van der Waals surface area contributed by atoms with Crippen molar-refractivity contribution in [1.82, 2.24) is 15.5 Å². The molecule has 0 aliphatic carbocycles. The van der Waals surface area contributed by atoms with Crippen LogP contribution in [0.1, 0.15) is 26.7 Å². The van der Waals surface area contributed by atoms with Crippen LogP contribution in [0.25, 0.3) is 0 Å². The van der Waals surface area contributed by atoms with Gasteiger partial charge in [0.05, 0.1) is 13.0 Å². The molecule has 0 unspecified atom stereocenters. The van der Waals surface area contributed by atoms with Crippen LogP contribution in [0.15, 0.2) is 4.99 Å². The van der Waals surface area contributed by atoms with Gasteiger partial charge in [0.2, 0.25) is 5.91 Å². The van der Waals surface area contributed by atoms with Gasteiger partial charge in [-0.05, 0) is 26.7 Å². The molecule has 21 heavy (non-hydrogen) atoms. The van der Waals surface area contributed by atoms with Crippen LogP contribution in [-0.2, 0) is 14.3 Å². The summed E-state index contributed by atoms with van der Waals surface area (Å²) in [7, 11) is 1.42. The third-order valence-corrected chi connectivity index (χ3v) is 3.41. The SMILES string of the molecule is CCNC(=O)CN=C(NCC)N1CCC(C(=O)OC)CC1. The fourth-order valence-electron chi connectivity index (χ4n) is 2.32. The highest BCUT2D eigenvalue weighted by atomic mass is 16.5. The lowest BCUT2D eigenvalue weighted by Crippen LogP contribution is -2.47. The molecule has 2 N–H and O–H groups in total. The number of carbonyl (C=O) groups is 2. The van der Waals surface area contributed by atoms with Gasteiger partial charge in [0.15, 0.2) is 5.96 Å². The zero-order valence-electron chi connectivity index (χ0n) is 13.1. The number of nitrogens with zero attached hydrogens (tertiary/aromatic N) is 2. The molecule has 1 amide bonds.